The Hall–Kier alpha value is -2.12. The highest BCUT2D eigenvalue weighted by Crippen LogP contribution is 2.40. The third kappa shape index (κ3) is 4.24. The van der Waals surface area contributed by atoms with E-state index < -0.39 is 10.0 Å². The fraction of sp³-hybridized carbons (Fsp3) is 0.250. The van der Waals surface area contributed by atoms with E-state index in [0.29, 0.717) is 33.5 Å². The van der Waals surface area contributed by atoms with E-state index in [9.17, 15) is 8.42 Å². The molecule has 0 saturated heterocycles. The molecule has 2 aromatic rings. The first-order chi connectivity index (χ1) is 11.4. The Morgan fingerprint density at radius 2 is 1.58 bits per heavy atom. The van der Waals surface area contributed by atoms with Crippen molar-refractivity contribution in [2.24, 2.45) is 0 Å². The van der Waals surface area contributed by atoms with Gasteiger partial charge < -0.3 is 14.2 Å². The lowest BCUT2D eigenvalue weighted by Crippen LogP contribution is -2.15. The maximum absolute atomic E-state index is 12.4. The fourth-order valence-electron chi connectivity index (χ4n) is 2.18. The summed E-state index contributed by atoms with van der Waals surface area (Å²) >= 11 is 6.02. The minimum Gasteiger partial charge on any atom is -0.493 e. The first-order valence-electron chi connectivity index (χ1n) is 6.94. The summed E-state index contributed by atoms with van der Waals surface area (Å²) < 4.78 is 42.9. The molecule has 24 heavy (non-hydrogen) atoms. The van der Waals surface area contributed by atoms with Crippen LogP contribution in [0.1, 0.15) is 5.56 Å². The smallest absolute Gasteiger partial charge is 0.236 e. The van der Waals surface area contributed by atoms with Gasteiger partial charge in [-0.25, -0.2) is 8.42 Å². The van der Waals surface area contributed by atoms with Crippen molar-refractivity contribution in [3.05, 3.63) is 47.0 Å². The fourth-order valence-corrected chi connectivity index (χ4v) is 3.67. The Balaban J connectivity index is 2.31. The number of rotatable bonds is 7. The van der Waals surface area contributed by atoms with Crippen LogP contribution in [0, 0.1) is 0 Å². The van der Waals surface area contributed by atoms with Crippen LogP contribution < -0.4 is 18.9 Å². The van der Waals surface area contributed by atoms with Gasteiger partial charge in [-0.3, -0.25) is 4.72 Å². The van der Waals surface area contributed by atoms with E-state index >= 15 is 0 Å². The number of hydrogen-bond acceptors (Lipinski definition) is 5. The van der Waals surface area contributed by atoms with Crippen molar-refractivity contribution < 1.29 is 22.6 Å². The zero-order chi connectivity index (χ0) is 17.7. The van der Waals surface area contributed by atoms with Gasteiger partial charge in [-0.05, 0) is 11.6 Å². The number of sulfonamides is 1. The number of hydrogen-bond donors (Lipinski definition) is 1. The van der Waals surface area contributed by atoms with Crippen molar-refractivity contribution in [1.82, 2.24) is 0 Å². The van der Waals surface area contributed by atoms with Crippen LogP contribution in [0.2, 0.25) is 5.02 Å². The Morgan fingerprint density at radius 3 is 2.08 bits per heavy atom. The molecule has 0 atom stereocenters. The summed E-state index contributed by atoms with van der Waals surface area (Å²) in [4.78, 5) is 0. The van der Waals surface area contributed by atoms with Crippen molar-refractivity contribution >= 4 is 27.3 Å². The summed E-state index contributed by atoms with van der Waals surface area (Å²) in [5.41, 5.74) is 0.815. The molecular weight excluding hydrogens is 354 g/mol. The van der Waals surface area contributed by atoms with Gasteiger partial charge in [0, 0.05) is 17.2 Å². The van der Waals surface area contributed by atoms with E-state index in [1.54, 1.807) is 24.3 Å². The molecule has 0 amide bonds. The molecule has 0 aliphatic rings. The molecule has 2 aromatic carbocycles. The monoisotopic (exact) mass is 371 g/mol. The van der Waals surface area contributed by atoms with E-state index in [0.717, 1.165) is 0 Å². The Kier molecular flexibility index (Phi) is 5.80. The number of halogens is 1. The molecule has 0 saturated carbocycles. The van der Waals surface area contributed by atoms with E-state index in [4.69, 9.17) is 25.8 Å². The lowest BCUT2D eigenvalue weighted by atomic mass is 10.2. The first kappa shape index (κ1) is 18.2. The van der Waals surface area contributed by atoms with Gasteiger partial charge in [0.05, 0.1) is 32.8 Å². The van der Waals surface area contributed by atoms with Crippen molar-refractivity contribution in [1.29, 1.82) is 0 Å². The zero-order valence-electron chi connectivity index (χ0n) is 13.5. The quantitative estimate of drug-likeness (QED) is 0.808. The summed E-state index contributed by atoms with van der Waals surface area (Å²) in [5, 5.41) is 0.396. The lowest BCUT2D eigenvalue weighted by Gasteiger charge is -2.15. The maximum atomic E-state index is 12.4. The topological polar surface area (TPSA) is 73.9 Å². The second-order valence-corrected chi connectivity index (χ2v) is 7.00. The molecule has 0 fully saturated rings. The van der Waals surface area contributed by atoms with Gasteiger partial charge in [0.15, 0.2) is 11.5 Å². The van der Waals surface area contributed by atoms with Crippen LogP contribution in [0.25, 0.3) is 0 Å². The van der Waals surface area contributed by atoms with Crippen molar-refractivity contribution in [2.75, 3.05) is 26.1 Å². The van der Waals surface area contributed by atoms with Gasteiger partial charge in [-0.1, -0.05) is 29.8 Å². The Bertz CT molecular complexity index is 798. The van der Waals surface area contributed by atoms with Crippen LogP contribution in [0.5, 0.6) is 17.2 Å². The lowest BCUT2D eigenvalue weighted by molar-refractivity contribution is 0.325. The summed E-state index contributed by atoms with van der Waals surface area (Å²) in [6.07, 6.45) is 0. The highest BCUT2D eigenvalue weighted by molar-refractivity contribution is 7.91. The molecule has 0 aliphatic heterocycles. The molecule has 8 heteroatoms. The molecule has 0 radical (unpaired) electrons. The largest absolute Gasteiger partial charge is 0.493 e. The number of anilines is 1. The molecule has 130 valence electrons. The van der Waals surface area contributed by atoms with Crippen molar-refractivity contribution in [2.45, 2.75) is 5.75 Å². The average molecular weight is 372 g/mol. The highest BCUT2D eigenvalue weighted by atomic mass is 35.5. The third-order valence-electron chi connectivity index (χ3n) is 3.24. The molecule has 0 aliphatic carbocycles. The van der Waals surface area contributed by atoms with Gasteiger partial charge in [0.25, 0.3) is 0 Å². The molecule has 6 nitrogen and oxygen atoms in total. The number of nitrogens with one attached hydrogen (secondary N) is 1. The predicted molar refractivity (Wildman–Crippen MR) is 93.8 cm³/mol. The molecule has 1 N–H and O–H groups in total. The molecular formula is C16H18ClNO5S. The van der Waals surface area contributed by atoms with E-state index in [-0.39, 0.29) is 5.75 Å². The second-order valence-electron chi connectivity index (χ2n) is 4.87. The average Bonchev–Trinajstić information content (AvgIpc) is 2.55. The van der Waals surface area contributed by atoms with Gasteiger partial charge in [0.2, 0.25) is 15.8 Å². The molecule has 2 rings (SSSR count). The standard InChI is InChI=1S/C16H18ClNO5S/c1-21-14-8-12(9-15(22-2)16(14)23-3)18-24(19,20)10-11-6-4-5-7-13(11)17/h4-9,18H,10H2,1-3H3. The van der Waals surface area contributed by atoms with Crippen molar-refractivity contribution in [3.8, 4) is 17.2 Å². The highest BCUT2D eigenvalue weighted by Gasteiger charge is 2.18. The summed E-state index contributed by atoms with van der Waals surface area (Å²) in [7, 11) is 0.723. The van der Waals surface area contributed by atoms with Crippen LogP contribution in [0.4, 0.5) is 5.69 Å². The van der Waals surface area contributed by atoms with Gasteiger partial charge in [0.1, 0.15) is 0 Å². The Morgan fingerprint density at radius 1 is 1.00 bits per heavy atom. The number of methoxy groups -OCH3 is 3. The Labute approximate surface area is 146 Å². The van der Waals surface area contributed by atoms with Crippen LogP contribution in [-0.2, 0) is 15.8 Å². The SMILES string of the molecule is COc1cc(NS(=O)(=O)Cc2ccccc2Cl)cc(OC)c1OC. The molecule has 0 spiro atoms. The third-order valence-corrected chi connectivity index (χ3v) is 4.85. The summed E-state index contributed by atoms with van der Waals surface area (Å²) in [6, 6.07) is 9.82. The normalized spacial score (nSPS) is 11.0. The van der Waals surface area contributed by atoms with Crippen LogP contribution >= 0.6 is 11.6 Å². The van der Waals surface area contributed by atoms with Crippen LogP contribution in [0.15, 0.2) is 36.4 Å². The molecule has 0 aromatic heterocycles. The maximum Gasteiger partial charge on any atom is 0.236 e. The van der Waals surface area contributed by atoms with Crippen molar-refractivity contribution in [3.63, 3.8) is 0 Å². The molecule has 0 bridgehead atoms. The first-order valence-corrected chi connectivity index (χ1v) is 8.97. The number of ether oxygens (including phenoxy) is 3. The molecule has 0 unspecified atom stereocenters. The minimum absolute atomic E-state index is 0.247. The van der Waals surface area contributed by atoms with E-state index in [1.165, 1.54) is 33.5 Å². The van der Waals surface area contributed by atoms with E-state index in [2.05, 4.69) is 4.72 Å². The van der Waals surface area contributed by atoms with Gasteiger partial charge >= 0.3 is 0 Å². The summed E-state index contributed by atoms with van der Waals surface area (Å²) in [5.74, 6) is 0.845. The predicted octanol–water partition coefficient (Wildman–Crippen LogP) is 3.31. The van der Waals surface area contributed by atoms with Crippen LogP contribution in [-0.4, -0.2) is 29.7 Å². The number of benzene rings is 2. The van der Waals surface area contributed by atoms with E-state index in [1.807, 2.05) is 0 Å². The minimum atomic E-state index is -3.67. The van der Waals surface area contributed by atoms with Gasteiger partial charge in [-0.15, -0.1) is 0 Å². The van der Waals surface area contributed by atoms with Crippen LogP contribution in [0.3, 0.4) is 0 Å². The zero-order valence-corrected chi connectivity index (χ0v) is 15.1. The summed E-state index contributed by atoms with van der Waals surface area (Å²) in [6.45, 7) is 0. The second kappa shape index (κ2) is 7.63. The molecule has 0 heterocycles. The van der Waals surface area contributed by atoms with Gasteiger partial charge in [-0.2, -0.15) is 0 Å².